The van der Waals surface area contributed by atoms with Crippen LogP contribution in [0.15, 0.2) is 84.9 Å². The van der Waals surface area contributed by atoms with Crippen LogP contribution in [0.2, 0.25) is 0 Å². The van der Waals surface area contributed by atoms with Gasteiger partial charge in [-0.15, -0.1) is 0 Å². The number of aliphatic carboxylic acids is 1. The lowest BCUT2D eigenvalue weighted by Crippen LogP contribution is -2.32. The molecule has 0 saturated heterocycles. The molecule has 2 nitrogen and oxygen atoms in total. The van der Waals surface area contributed by atoms with Crippen molar-refractivity contribution >= 4 is 5.97 Å². The van der Waals surface area contributed by atoms with Crippen molar-refractivity contribution in [2.45, 2.75) is 38.0 Å². The molecule has 0 amide bonds. The zero-order chi connectivity index (χ0) is 19.5. The van der Waals surface area contributed by atoms with E-state index < -0.39 is 11.4 Å². The fourth-order valence-corrected chi connectivity index (χ4v) is 3.73. The predicted octanol–water partition coefficient (Wildman–Crippen LogP) is 5.79. The molecule has 1 N–H and O–H groups in total. The van der Waals surface area contributed by atoms with Gasteiger partial charge >= 0.3 is 5.97 Å². The van der Waals surface area contributed by atoms with Crippen molar-refractivity contribution in [3.63, 3.8) is 0 Å². The Kier molecular flexibility index (Phi) is 5.18. The van der Waals surface area contributed by atoms with E-state index in [9.17, 15) is 9.90 Å². The highest BCUT2D eigenvalue weighted by Crippen LogP contribution is 2.43. The van der Waals surface area contributed by atoms with Gasteiger partial charge in [0, 0.05) is 0 Å². The Bertz CT molecular complexity index is 866. The van der Waals surface area contributed by atoms with Gasteiger partial charge in [-0.1, -0.05) is 106 Å². The van der Waals surface area contributed by atoms with Crippen molar-refractivity contribution in [3.8, 4) is 0 Å². The minimum absolute atomic E-state index is 0.00533. The average Bonchev–Trinajstić information content (AvgIpc) is 2.67. The number of carbonyl (C=O) groups is 1. The molecule has 3 rings (SSSR count). The zero-order valence-electron chi connectivity index (χ0n) is 16.1. The highest BCUT2D eigenvalue weighted by atomic mass is 16.4. The molecule has 0 unspecified atom stereocenters. The number of carboxylic acid groups (broad SMARTS) is 1. The van der Waals surface area contributed by atoms with E-state index in [1.807, 2.05) is 66.7 Å². The van der Waals surface area contributed by atoms with Gasteiger partial charge in [0.25, 0.3) is 0 Å². The van der Waals surface area contributed by atoms with E-state index in [1.165, 1.54) is 5.56 Å². The Morgan fingerprint density at radius 3 is 1.59 bits per heavy atom. The van der Waals surface area contributed by atoms with Crippen LogP contribution in [-0.2, 0) is 15.6 Å². The summed E-state index contributed by atoms with van der Waals surface area (Å²) in [5, 5.41) is 9.86. The highest BCUT2D eigenvalue weighted by molar-refractivity contribution is 5.73. The highest BCUT2D eigenvalue weighted by Gasteiger charge is 2.39. The molecule has 0 saturated carbocycles. The quantitative estimate of drug-likeness (QED) is 0.586. The normalized spacial score (nSPS) is 12.0. The van der Waals surface area contributed by atoms with Gasteiger partial charge in [0.1, 0.15) is 0 Å². The fraction of sp³-hybridized carbons (Fsp3) is 0.240. The van der Waals surface area contributed by atoms with E-state index in [4.69, 9.17) is 0 Å². The first-order valence-electron chi connectivity index (χ1n) is 9.28. The third kappa shape index (κ3) is 3.80. The molecule has 0 spiro atoms. The van der Waals surface area contributed by atoms with Gasteiger partial charge in [0.05, 0.1) is 11.8 Å². The molecule has 0 aliphatic carbocycles. The molecule has 3 aromatic rings. The molecule has 0 heterocycles. The largest absolute Gasteiger partial charge is 0.481 e. The van der Waals surface area contributed by atoms with Crippen LogP contribution in [0.3, 0.4) is 0 Å². The summed E-state index contributed by atoms with van der Waals surface area (Å²) in [7, 11) is 0. The van der Waals surface area contributed by atoms with E-state index in [0.717, 1.165) is 16.7 Å². The molecular formula is C25H26O2. The third-order valence-electron chi connectivity index (χ3n) is 5.17. The van der Waals surface area contributed by atoms with Gasteiger partial charge < -0.3 is 5.11 Å². The Morgan fingerprint density at radius 1 is 0.704 bits per heavy atom. The topological polar surface area (TPSA) is 37.3 Å². The van der Waals surface area contributed by atoms with Crippen molar-refractivity contribution in [2.75, 3.05) is 0 Å². The molecule has 27 heavy (non-hydrogen) atoms. The van der Waals surface area contributed by atoms with Crippen LogP contribution >= 0.6 is 0 Å². The maximum Gasteiger partial charge on any atom is 0.304 e. The number of hydrogen-bond acceptors (Lipinski definition) is 1. The molecule has 0 aromatic heterocycles. The molecule has 0 radical (unpaired) electrons. The third-order valence-corrected chi connectivity index (χ3v) is 5.17. The molecule has 0 fully saturated rings. The summed E-state index contributed by atoms with van der Waals surface area (Å²) in [5.41, 5.74) is 3.43. The minimum atomic E-state index is -0.816. The molecule has 0 atom stereocenters. The van der Waals surface area contributed by atoms with Crippen molar-refractivity contribution in [2.24, 2.45) is 0 Å². The molecule has 0 aliphatic heterocycles. The van der Waals surface area contributed by atoms with Crippen LogP contribution in [0, 0.1) is 0 Å². The number of carboxylic acids is 1. The Morgan fingerprint density at radius 2 is 1.15 bits per heavy atom. The summed E-state index contributed by atoms with van der Waals surface area (Å²) in [6, 6.07) is 28.3. The predicted molar refractivity (Wildman–Crippen MR) is 110 cm³/mol. The maximum absolute atomic E-state index is 12.0. The fourth-order valence-electron chi connectivity index (χ4n) is 3.73. The van der Waals surface area contributed by atoms with E-state index in [2.05, 4.69) is 39.0 Å². The van der Waals surface area contributed by atoms with Crippen LogP contribution in [-0.4, -0.2) is 11.1 Å². The van der Waals surface area contributed by atoms with E-state index in [-0.39, 0.29) is 11.8 Å². The van der Waals surface area contributed by atoms with Gasteiger partial charge in [-0.25, -0.2) is 0 Å². The molecule has 2 heteroatoms. The van der Waals surface area contributed by atoms with Crippen molar-refractivity contribution in [1.82, 2.24) is 0 Å². The second-order valence-corrected chi connectivity index (χ2v) is 8.04. The second-order valence-electron chi connectivity index (χ2n) is 8.04. The molecule has 0 aliphatic rings. The van der Waals surface area contributed by atoms with Gasteiger partial charge in [-0.3, -0.25) is 4.79 Å². The first-order chi connectivity index (χ1) is 12.8. The van der Waals surface area contributed by atoms with E-state index >= 15 is 0 Å². The van der Waals surface area contributed by atoms with E-state index in [1.54, 1.807) is 0 Å². The van der Waals surface area contributed by atoms with Gasteiger partial charge in [-0.05, 0) is 27.7 Å². The summed E-state index contributed by atoms with van der Waals surface area (Å²) in [4.78, 5) is 12.0. The van der Waals surface area contributed by atoms with E-state index in [0.29, 0.717) is 0 Å². The summed E-state index contributed by atoms with van der Waals surface area (Å²) < 4.78 is 0. The summed E-state index contributed by atoms with van der Waals surface area (Å²) in [5.74, 6) is -0.816. The van der Waals surface area contributed by atoms with Crippen LogP contribution < -0.4 is 0 Å². The number of hydrogen-bond donors (Lipinski definition) is 1. The van der Waals surface area contributed by atoms with Crippen LogP contribution in [0.4, 0.5) is 0 Å². The Hall–Kier alpha value is -2.87. The van der Waals surface area contributed by atoms with Gasteiger partial charge in [0.2, 0.25) is 0 Å². The second kappa shape index (κ2) is 7.40. The summed E-state index contributed by atoms with van der Waals surface area (Å²) in [6.07, 6.45) is -0.00533. The summed E-state index contributed by atoms with van der Waals surface area (Å²) in [6.45, 7) is 6.53. The van der Waals surface area contributed by atoms with Crippen LogP contribution in [0.1, 0.15) is 49.4 Å². The zero-order valence-corrected chi connectivity index (χ0v) is 16.1. The first kappa shape index (κ1) is 18.9. The molecular weight excluding hydrogens is 332 g/mol. The lowest BCUT2D eigenvalue weighted by molar-refractivity contribution is -0.137. The minimum Gasteiger partial charge on any atom is -0.481 e. The molecule has 138 valence electrons. The Labute approximate surface area is 161 Å². The smallest absolute Gasteiger partial charge is 0.304 e. The standard InChI is InChI=1S/C25H26O2/c1-24(2,3)21-15-10-16-22(17-21)25(18-23(26)27,19-11-6-4-7-12-19)20-13-8-5-9-14-20/h4-17H,18H2,1-3H3,(H,26,27). The van der Waals surface area contributed by atoms with Crippen LogP contribution in [0.5, 0.6) is 0 Å². The van der Waals surface area contributed by atoms with Gasteiger partial charge in [-0.2, -0.15) is 0 Å². The number of rotatable bonds is 5. The average molecular weight is 358 g/mol. The monoisotopic (exact) mass is 358 g/mol. The SMILES string of the molecule is CC(C)(C)c1cccc(C(CC(=O)O)(c2ccccc2)c2ccccc2)c1. The first-order valence-corrected chi connectivity index (χ1v) is 9.28. The van der Waals surface area contributed by atoms with Crippen molar-refractivity contribution in [3.05, 3.63) is 107 Å². The van der Waals surface area contributed by atoms with Crippen molar-refractivity contribution in [1.29, 1.82) is 0 Å². The molecule has 3 aromatic carbocycles. The number of benzene rings is 3. The molecule has 0 bridgehead atoms. The summed E-state index contributed by atoms with van der Waals surface area (Å²) >= 11 is 0. The van der Waals surface area contributed by atoms with Crippen LogP contribution in [0.25, 0.3) is 0 Å². The lowest BCUT2D eigenvalue weighted by atomic mass is 9.66. The Balaban J connectivity index is 2.35. The maximum atomic E-state index is 12.0. The van der Waals surface area contributed by atoms with Gasteiger partial charge in [0.15, 0.2) is 0 Å². The lowest BCUT2D eigenvalue weighted by Gasteiger charge is -2.35. The van der Waals surface area contributed by atoms with Crippen molar-refractivity contribution < 1.29 is 9.90 Å².